The van der Waals surface area contributed by atoms with E-state index in [0.717, 1.165) is 18.7 Å². The maximum absolute atomic E-state index is 11.2. The normalized spacial score (nSPS) is 9.89. The number of ether oxygens (including phenoxy) is 1. The van der Waals surface area contributed by atoms with Gasteiger partial charge in [0.15, 0.2) is 0 Å². The van der Waals surface area contributed by atoms with Gasteiger partial charge in [0.2, 0.25) is 0 Å². The molecule has 5 nitrogen and oxygen atoms in total. The van der Waals surface area contributed by atoms with E-state index >= 15 is 0 Å². The highest BCUT2D eigenvalue weighted by molar-refractivity contribution is 5.83. The summed E-state index contributed by atoms with van der Waals surface area (Å²) in [6.07, 6.45) is 4.81. The Balaban J connectivity index is 2.35. The molecule has 1 aromatic heterocycles. The number of carbonyl (C=O) groups is 1. The third-order valence-electron chi connectivity index (χ3n) is 2.38. The highest BCUT2D eigenvalue weighted by Gasteiger charge is 2.02. The Morgan fingerprint density at radius 3 is 2.78 bits per heavy atom. The van der Waals surface area contributed by atoms with Crippen LogP contribution in [0, 0.1) is 0 Å². The molecule has 0 saturated heterocycles. The predicted molar refractivity (Wildman–Crippen MR) is 72.9 cm³/mol. The summed E-state index contributed by atoms with van der Waals surface area (Å²) in [5.41, 5.74) is 0.959. The van der Waals surface area contributed by atoms with Crippen LogP contribution in [0.15, 0.2) is 18.3 Å². The van der Waals surface area contributed by atoms with Crippen LogP contribution in [0.3, 0.4) is 0 Å². The minimum Gasteiger partial charge on any atom is -0.450 e. The first-order chi connectivity index (χ1) is 8.76. The van der Waals surface area contributed by atoms with Gasteiger partial charge < -0.3 is 10.1 Å². The van der Waals surface area contributed by atoms with Crippen LogP contribution in [0.25, 0.3) is 0 Å². The van der Waals surface area contributed by atoms with E-state index in [1.54, 1.807) is 19.2 Å². The number of rotatable bonds is 7. The number of carbonyl (C=O) groups excluding carboxylic acids is 1. The predicted octanol–water partition coefficient (Wildman–Crippen LogP) is 3.25. The summed E-state index contributed by atoms with van der Waals surface area (Å²) in [7, 11) is 0. The molecule has 1 heterocycles. The molecule has 2 N–H and O–H groups in total. The molecular formula is C13H21N3O2. The fourth-order valence-electron chi connectivity index (χ4n) is 1.45. The molecule has 0 saturated carbocycles. The van der Waals surface area contributed by atoms with E-state index in [0.29, 0.717) is 12.4 Å². The average molecular weight is 251 g/mol. The maximum atomic E-state index is 11.2. The largest absolute Gasteiger partial charge is 0.450 e. The molecule has 0 fully saturated rings. The summed E-state index contributed by atoms with van der Waals surface area (Å²) in [4.78, 5) is 15.3. The van der Waals surface area contributed by atoms with Gasteiger partial charge in [-0.2, -0.15) is 0 Å². The van der Waals surface area contributed by atoms with E-state index in [-0.39, 0.29) is 0 Å². The van der Waals surface area contributed by atoms with Gasteiger partial charge in [-0.15, -0.1) is 0 Å². The monoisotopic (exact) mass is 251 g/mol. The zero-order chi connectivity index (χ0) is 13.2. The number of unbranched alkanes of at least 4 members (excludes halogenated alkanes) is 2. The van der Waals surface area contributed by atoms with Crippen LogP contribution in [0.4, 0.5) is 16.3 Å². The van der Waals surface area contributed by atoms with Gasteiger partial charge >= 0.3 is 6.09 Å². The Hall–Kier alpha value is -1.78. The first-order valence-electron chi connectivity index (χ1n) is 6.40. The molecule has 0 aliphatic rings. The lowest BCUT2D eigenvalue weighted by atomic mass is 10.2. The average Bonchev–Trinajstić information content (AvgIpc) is 2.37. The van der Waals surface area contributed by atoms with Crippen LogP contribution in [-0.2, 0) is 4.74 Å². The topological polar surface area (TPSA) is 63.2 Å². The van der Waals surface area contributed by atoms with Crippen LogP contribution in [0.1, 0.15) is 33.1 Å². The summed E-state index contributed by atoms with van der Waals surface area (Å²) in [6.45, 7) is 5.23. The molecule has 0 spiro atoms. The number of nitrogens with one attached hydrogen (secondary N) is 2. The third kappa shape index (κ3) is 5.52. The van der Waals surface area contributed by atoms with Crippen LogP contribution >= 0.6 is 0 Å². The van der Waals surface area contributed by atoms with Crippen LogP contribution in [0.2, 0.25) is 0 Å². The fraction of sp³-hybridized carbons (Fsp3) is 0.538. The van der Waals surface area contributed by atoms with Crippen molar-refractivity contribution in [3.05, 3.63) is 18.3 Å². The number of aromatic nitrogens is 1. The number of pyridine rings is 1. The van der Waals surface area contributed by atoms with Gasteiger partial charge in [-0.1, -0.05) is 19.8 Å². The molecule has 0 radical (unpaired) electrons. The summed E-state index contributed by atoms with van der Waals surface area (Å²) in [5.74, 6) is 0.493. The van der Waals surface area contributed by atoms with E-state index in [4.69, 9.17) is 4.74 Å². The number of hydrogen-bond acceptors (Lipinski definition) is 4. The van der Waals surface area contributed by atoms with E-state index in [9.17, 15) is 4.79 Å². The first kappa shape index (κ1) is 14.3. The van der Waals surface area contributed by atoms with Crippen molar-refractivity contribution in [2.24, 2.45) is 0 Å². The summed E-state index contributed by atoms with van der Waals surface area (Å²) in [6, 6.07) is 3.64. The molecule has 1 amide bonds. The van der Waals surface area contributed by atoms with Crippen molar-refractivity contribution in [1.82, 2.24) is 4.98 Å². The van der Waals surface area contributed by atoms with Crippen molar-refractivity contribution in [2.75, 3.05) is 23.8 Å². The van der Waals surface area contributed by atoms with Crippen LogP contribution < -0.4 is 10.6 Å². The molecule has 5 heteroatoms. The Labute approximate surface area is 108 Å². The van der Waals surface area contributed by atoms with Gasteiger partial charge in [0, 0.05) is 6.54 Å². The Bertz CT molecular complexity index is 352. The lowest BCUT2D eigenvalue weighted by Crippen LogP contribution is -2.14. The molecule has 0 unspecified atom stereocenters. The van der Waals surface area contributed by atoms with E-state index < -0.39 is 6.09 Å². The smallest absolute Gasteiger partial charge is 0.412 e. The first-order valence-corrected chi connectivity index (χ1v) is 6.40. The van der Waals surface area contributed by atoms with Gasteiger partial charge in [-0.25, -0.2) is 9.78 Å². The summed E-state index contributed by atoms with van der Waals surface area (Å²) >= 11 is 0. The van der Waals surface area contributed by atoms with Crippen molar-refractivity contribution in [3.8, 4) is 0 Å². The van der Waals surface area contributed by atoms with Crippen molar-refractivity contribution < 1.29 is 9.53 Å². The Kier molecular flexibility index (Phi) is 6.61. The van der Waals surface area contributed by atoms with Crippen molar-refractivity contribution in [3.63, 3.8) is 0 Å². The van der Waals surface area contributed by atoms with Crippen molar-refractivity contribution in [1.29, 1.82) is 0 Å². The van der Waals surface area contributed by atoms with Crippen molar-refractivity contribution in [2.45, 2.75) is 33.1 Å². The maximum Gasteiger partial charge on any atom is 0.412 e. The number of anilines is 2. The molecule has 0 aliphatic carbocycles. The van der Waals surface area contributed by atoms with Gasteiger partial charge in [-0.3, -0.25) is 5.32 Å². The SMILES string of the molecule is CCCCCNc1ccc(NC(=O)OCC)nc1. The van der Waals surface area contributed by atoms with E-state index in [1.807, 2.05) is 6.07 Å². The quantitative estimate of drug-likeness (QED) is 0.730. The Morgan fingerprint density at radius 1 is 1.33 bits per heavy atom. The molecule has 0 aliphatic heterocycles. The highest BCUT2D eigenvalue weighted by Crippen LogP contribution is 2.10. The highest BCUT2D eigenvalue weighted by atomic mass is 16.5. The van der Waals surface area contributed by atoms with Crippen LogP contribution in [-0.4, -0.2) is 24.2 Å². The summed E-state index contributed by atoms with van der Waals surface area (Å²) in [5, 5.41) is 5.83. The van der Waals surface area contributed by atoms with Gasteiger partial charge in [0.25, 0.3) is 0 Å². The van der Waals surface area contributed by atoms with Crippen LogP contribution in [0.5, 0.6) is 0 Å². The summed E-state index contributed by atoms with van der Waals surface area (Å²) < 4.78 is 4.76. The molecule has 0 atom stereocenters. The second kappa shape index (κ2) is 8.33. The molecule has 100 valence electrons. The number of nitrogens with zero attached hydrogens (tertiary/aromatic N) is 1. The minimum atomic E-state index is -0.478. The molecule has 1 rings (SSSR count). The fourth-order valence-corrected chi connectivity index (χ4v) is 1.45. The molecule has 18 heavy (non-hydrogen) atoms. The molecule has 1 aromatic rings. The minimum absolute atomic E-state index is 0.350. The molecular weight excluding hydrogens is 230 g/mol. The molecule has 0 aromatic carbocycles. The van der Waals surface area contributed by atoms with Crippen molar-refractivity contribution >= 4 is 17.6 Å². The van der Waals surface area contributed by atoms with Gasteiger partial charge in [0.1, 0.15) is 5.82 Å². The Morgan fingerprint density at radius 2 is 2.17 bits per heavy atom. The van der Waals surface area contributed by atoms with Gasteiger partial charge in [-0.05, 0) is 25.5 Å². The standard InChI is InChI=1S/C13H21N3O2/c1-3-5-6-9-14-11-7-8-12(15-10-11)16-13(17)18-4-2/h7-8,10,14H,3-6,9H2,1-2H3,(H,15,16,17). The zero-order valence-corrected chi connectivity index (χ0v) is 11.0. The second-order valence-electron chi connectivity index (χ2n) is 3.91. The third-order valence-corrected chi connectivity index (χ3v) is 2.38. The molecule has 0 bridgehead atoms. The van der Waals surface area contributed by atoms with Gasteiger partial charge in [0.05, 0.1) is 18.5 Å². The van der Waals surface area contributed by atoms with E-state index in [2.05, 4.69) is 22.5 Å². The second-order valence-corrected chi connectivity index (χ2v) is 3.91. The lowest BCUT2D eigenvalue weighted by molar-refractivity contribution is 0.168. The number of amides is 1. The number of hydrogen-bond donors (Lipinski definition) is 2. The lowest BCUT2D eigenvalue weighted by Gasteiger charge is -2.07. The zero-order valence-electron chi connectivity index (χ0n) is 11.0. The van der Waals surface area contributed by atoms with E-state index in [1.165, 1.54) is 12.8 Å².